The lowest BCUT2D eigenvalue weighted by atomic mass is 9.97. The van der Waals surface area contributed by atoms with Crippen molar-refractivity contribution in [3.05, 3.63) is 0 Å². The van der Waals surface area contributed by atoms with Gasteiger partial charge >= 0.3 is 0 Å². The van der Waals surface area contributed by atoms with Gasteiger partial charge in [-0.15, -0.1) is 0 Å². The molecule has 82 valence electrons. The minimum absolute atomic E-state index is 0.714. The number of nitrogens with zero attached hydrogens (tertiary/aromatic N) is 1. The molecule has 1 heterocycles. The predicted octanol–water partition coefficient (Wildman–Crippen LogP) is 2.12. The monoisotopic (exact) mass is 198 g/mol. The van der Waals surface area contributed by atoms with Crippen LogP contribution >= 0.6 is 0 Å². The molecule has 1 saturated heterocycles. The van der Waals surface area contributed by atoms with Crippen LogP contribution in [0.2, 0.25) is 0 Å². The molecule has 0 saturated carbocycles. The molecule has 0 aliphatic carbocycles. The molecular weight excluding hydrogens is 176 g/mol. The number of likely N-dealkylation sites (tertiary alicyclic amines) is 1. The maximum absolute atomic E-state index is 7.85. The van der Waals surface area contributed by atoms with Gasteiger partial charge in [-0.25, -0.2) is 0 Å². The first-order valence-electron chi connectivity index (χ1n) is 5.59. The standard InChI is InChI=1S/C11H22N2O/c1-3-4-11(12)13-7-5-10(6-8-13)9-14-2/h10,12H,3-9H2,1-2H3. The fraction of sp³-hybridized carbons (Fsp3) is 0.909. The van der Waals surface area contributed by atoms with Crippen LogP contribution in [0.4, 0.5) is 0 Å². The number of hydrogen-bond donors (Lipinski definition) is 1. The molecule has 0 amide bonds. The highest BCUT2D eigenvalue weighted by Gasteiger charge is 2.19. The van der Waals surface area contributed by atoms with Crippen LogP contribution in [-0.4, -0.2) is 37.5 Å². The van der Waals surface area contributed by atoms with E-state index in [1.165, 1.54) is 12.8 Å². The first-order chi connectivity index (χ1) is 6.77. The number of nitrogens with one attached hydrogen (secondary N) is 1. The summed E-state index contributed by atoms with van der Waals surface area (Å²) >= 11 is 0. The van der Waals surface area contributed by atoms with E-state index in [2.05, 4.69) is 11.8 Å². The third-order valence-corrected chi connectivity index (χ3v) is 2.89. The SMILES string of the molecule is CCCC(=N)N1CCC(COC)CC1. The highest BCUT2D eigenvalue weighted by molar-refractivity contribution is 5.79. The van der Waals surface area contributed by atoms with Gasteiger partial charge < -0.3 is 9.64 Å². The van der Waals surface area contributed by atoms with Gasteiger partial charge in [0.2, 0.25) is 0 Å². The molecule has 0 unspecified atom stereocenters. The Labute approximate surface area is 86.9 Å². The summed E-state index contributed by atoms with van der Waals surface area (Å²) < 4.78 is 5.15. The van der Waals surface area contributed by atoms with E-state index < -0.39 is 0 Å². The van der Waals surface area contributed by atoms with Gasteiger partial charge in [-0.2, -0.15) is 0 Å². The zero-order valence-corrected chi connectivity index (χ0v) is 9.38. The van der Waals surface area contributed by atoms with Crippen molar-refractivity contribution in [3.8, 4) is 0 Å². The van der Waals surface area contributed by atoms with Gasteiger partial charge in [0.25, 0.3) is 0 Å². The molecule has 1 aliphatic rings. The van der Waals surface area contributed by atoms with E-state index in [1.807, 2.05) is 0 Å². The van der Waals surface area contributed by atoms with E-state index in [-0.39, 0.29) is 0 Å². The van der Waals surface area contributed by atoms with E-state index in [9.17, 15) is 0 Å². The molecule has 0 aromatic rings. The topological polar surface area (TPSA) is 36.3 Å². The van der Waals surface area contributed by atoms with Gasteiger partial charge in [-0.05, 0) is 25.2 Å². The normalized spacial score (nSPS) is 18.6. The zero-order chi connectivity index (χ0) is 10.4. The minimum Gasteiger partial charge on any atom is -0.384 e. The maximum Gasteiger partial charge on any atom is 0.0957 e. The Bertz CT molecular complexity index is 174. The Morgan fingerprint density at radius 2 is 2.07 bits per heavy atom. The van der Waals surface area contributed by atoms with Crippen LogP contribution in [0.15, 0.2) is 0 Å². The zero-order valence-electron chi connectivity index (χ0n) is 9.38. The third kappa shape index (κ3) is 3.29. The largest absolute Gasteiger partial charge is 0.384 e. The van der Waals surface area contributed by atoms with Crippen LogP contribution in [0.3, 0.4) is 0 Å². The van der Waals surface area contributed by atoms with Crippen molar-refractivity contribution in [2.45, 2.75) is 32.6 Å². The second-order valence-corrected chi connectivity index (χ2v) is 4.08. The highest BCUT2D eigenvalue weighted by atomic mass is 16.5. The van der Waals surface area contributed by atoms with Crippen molar-refractivity contribution < 1.29 is 4.74 Å². The van der Waals surface area contributed by atoms with Crippen LogP contribution in [0.1, 0.15) is 32.6 Å². The van der Waals surface area contributed by atoms with E-state index >= 15 is 0 Å². The van der Waals surface area contributed by atoms with E-state index in [0.717, 1.165) is 38.4 Å². The second-order valence-electron chi connectivity index (χ2n) is 4.08. The van der Waals surface area contributed by atoms with Crippen molar-refractivity contribution in [1.82, 2.24) is 4.90 Å². The number of amidine groups is 1. The second kappa shape index (κ2) is 6.02. The van der Waals surface area contributed by atoms with E-state index in [0.29, 0.717) is 5.92 Å². The first kappa shape index (κ1) is 11.5. The van der Waals surface area contributed by atoms with Gasteiger partial charge in [-0.3, -0.25) is 5.41 Å². The molecule has 0 spiro atoms. The smallest absolute Gasteiger partial charge is 0.0957 e. The van der Waals surface area contributed by atoms with Crippen molar-refractivity contribution in [2.24, 2.45) is 5.92 Å². The van der Waals surface area contributed by atoms with Crippen LogP contribution < -0.4 is 0 Å². The minimum atomic E-state index is 0.714. The molecule has 0 bridgehead atoms. The van der Waals surface area contributed by atoms with Crippen molar-refractivity contribution in [3.63, 3.8) is 0 Å². The Morgan fingerprint density at radius 1 is 1.43 bits per heavy atom. The summed E-state index contributed by atoms with van der Waals surface area (Å²) in [6.07, 6.45) is 4.37. The van der Waals surface area contributed by atoms with Gasteiger partial charge in [0, 0.05) is 33.2 Å². The molecule has 1 aliphatic heterocycles. The summed E-state index contributed by atoms with van der Waals surface area (Å²) in [7, 11) is 1.77. The number of ether oxygens (including phenoxy) is 1. The number of rotatable bonds is 4. The van der Waals surface area contributed by atoms with E-state index in [4.69, 9.17) is 10.1 Å². The number of methoxy groups -OCH3 is 1. The number of hydrogen-bond acceptors (Lipinski definition) is 2. The molecule has 1 rings (SSSR count). The Hall–Kier alpha value is -0.570. The van der Waals surface area contributed by atoms with Gasteiger partial charge in [0.05, 0.1) is 5.84 Å². The van der Waals surface area contributed by atoms with Crippen molar-refractivity contribution in [1.29, 1.82) is 5.41 Å². The summed E-state index contributed by atoms with van der Waals surface area (Å²) in [6.45, 7) is 5.11. The average molecular weight is 198 g/mol. The molecule has 3 heteroatoms. The summed E-state index contributed by atoms with van der Waals surface area (Å²) in [5.74, 6) is 1.54. The summed E-state index contributed by atoms with van der Waals surface area (Å²) in [4.78, 5) is 2.22. The summed E-state index contributed by atoms with van der Waals surface area (Å²) in [6, 6.07) is 0. The van der Waals surface area contributed by atoms with Gasteiger partial charge in [-0.1, -0.05) is 6.92 Å². The van der Waals surface area contributed by atoms with E-state index in [1.54, 1.807) is 7.11 Å². The number of piperidine rings is 1. The van der Waals surface area contributed by atoms with Crippen LogP contribution in [0, 0.1) is 11.3 Å². The Morgan fingerprint density at radius 3 is 2.57 bits per heavy atom. The van der Waals surface area contributed by atoms with Crippen LogP contribution in [0.5, 0.6) is 0 Å². The third-order valence-electron chi connectivity index (χ3n) is 2.89. The molecule has 1 fully saturated rings. The molecule has 14 heavy (non-hydrogen) atoms. The maximum atomic E-state index is 7.85. The lowest BCUT2D eigenvalue weighted by Crippen LogP contribution is -2.38. The fourth-order valence-corrected chi connectivity index (χ4v) is 2.00. The summed E-state index contributed by atoms with van der Waals surface area (Å²) in [5, 5.41) is 7.85. The quantitative estimate of drug-likeness (QED) is 0.555. The lowest BCUT2D eigenvalue weighted by molar-refractivity contribution is 0.118. The lowest BCUT2D eigenvalue weighted by Gasteiger charge is -2.33. The van der Waals surface area contributed by atoms with Crippen molar-refractivity contribution >= 4 is 5.84 Å². The predicted molar refractivity (Wildman–Crippen MR) is 58.8 cm³/mol. The summed E-state index contributed by atoms with van der Waals surface area (Å²) in [5.41, 5.74) is 0. The molecular formula is C11H22N2O. The molecule has 1 N–H and O–H groups in total. The molecule has 0 atom stereocenters. The molecule has 0 aromatic heterocycles. The Balaban J connectivity index is 2.24. The molecule has 3 nitrogen and oxygen atoms in total. The fourth-order valence-electron chi connectivity index (χ4n) is 2.00. The van der Waals surface area contributed by atoms with Crippen LogP contribution in [0.25, 0.3) is 0 Å². The first-order valence-corrected chi connectivity index (χ1v) is 5.59. The highest BCUT2D eigenvalue weighted by Crippen LogP contribution is 2.18. The van der Waals surface area contributed by atoms with Crippen LogP contribution in [-0.2, 0) is 4.74 Å². The average Bonchev–Trinajstić information content (AvgIpc) is 2.20. The van der Waals surface area contributed by atoms with Gasteiger partial charge in [0.15, 0.2) is 0 Å². The van der Waals surface area contributed by atoms with Crippen molar-refractivity contribution in [2.75, 3.05) is 26.8 Å². The molecule has 0 aromatic carbocycles. The van der Waals surface area contributed by atoms with Gasteiger partial charge in [0.1, 0.15) is 0 Å². The Kier molecular flexibility index (Phi) is 4.94. The molecule has 0 radical (unpaired) electrons.